The second-order valence-electron chi connectivity index (χ2n) is 4.77. The van der Waals surface area contributed by atoms with Gasteiger partial charge in [-0.1, -0.05) is 19.3 Å². The van der Waals surface area contributed by atoms with Gasteiger partial charge in [-0.2, -0.15) is 0 Å². The maximum Gasteiger partial charge on any atom is 0.0642 e. The Morgan fingerprint density at radius 2 is 2.00 bits per heavy atom. The number of morpholine rings is 1. The van der Waals surface area contributed by atoms with Gasteiger partial charge in [0.1, 0.15) is 0 Å². The second-order valence-corrected chi connectivity index (χ2v) is 4.77. The lowest BCUT2D eigenvalue weighted by Crippen LogP contribution is -2.44. The Morgan fingerprint density at radius 1 is 1.13 bits per heavy atom. The van der Waals surface area contributed by atoms with Gasteiger partial charge in [-0.15, -0.1) is 0 Å². The first-order valence-corrected chi connectivity index (χ1v) is 6.34. The quantitative estimate of drug-likeness (QED) is 0.769. The van der Waals surface area contributed by atoms with Crippen molar-refractivity contribution in [2.45, 2.75) is 38.1 Å². The first kappa shape index (κ1) is 11.4. The molecule has 0 aromatic heterocycles. The van der Waals surface area contributed by atoms with Crippen LogP contribution in [0.4, 0.5) is 0 Å². The fourth-order valence-electron chi connectivity index (χ4n) is 2.46. The average Bonchev–Trinajstić information content (AvgIpc) is 2.32. The van der Waals surface area contributed by atoms with Gasteiger partial charge in [0.05, 0.1) is 25.9 Å². The van der Waals surface area contributed by atoms with Crippen molar-refractivity contribution in [3.63, 3.8) is 0 Å². The number of rotatable bonds is 4. The van der Waals surface area contributed by atoms with E-state index < -0.39 is 0 Å². The predicted molar refractivity (Wildman–Crippen MR) is 60.0 cm³/mol. The van der Waals surface area contributed by atoms with E-state index in [9.17, 15) is 0 Å². The van der Waals surface area contributed by atoms with Gasteiger partial charge in [-0.05, 0) is 18.8 Å². The van der Waals surface area contributed by atoms with E-state index in [0.29, 0.717) is 6.04 Å². The molecule has 0 aromatic carbocycles. The average molecular weight is 213 g/mol. The zero-order valence-corrected chi connectivity index (χ0v) is 9.54. The summed E-state index contributed by atoms with van der Waals surface area (Å²) >= 11 is 0. The van der Waals surface area contributed by atoms with Crippen LogP contribution in [-0.2, 0) is 9.47 Å². The van der Waals surface area contributed by atoms with Crippen LogP contribution in [0, 0.1) is 5.92 Å². The predicted octanol–water partition coefficient (Wildman–Crippen LogP) is 1.57. The molecule has 88 valence electrons. The molecule has 1 saturated heterocycles. The van der Waals surface area contributed by atoms with Crippen molar-refractivity contribution in [3.8, 4) is 0 Å². The molecule has 2 aliphatic rings. The number of ether oxygens (including phenoxy) is 2. The normalized spacial score (nSPS) is 29.2. The van der Waals surface area contributed by atoms with Crippen molar-refractivity contribution >= 4 is 0 Å². The molecule has 15 heavy (non-hydrogen) atoms. The topological polar surface area (TPSA) is 30.5 Å². The minimum Gasteiger partial charge on any atom is -0.379 e. The van der Waals surface area contributed by atoms with Crippen molar-refractivity contribution in [1.82, 2.24) is 5.32 Å². The zero-order chi connectivity index (χ0) is 10.3. The van der Waals surface area contributed by atoms with E-state index in [0.717, 1.165) is 38.9 Å². The molecule has 0 bridgehead atoms. The Bertz CT molecular complexity index is 145. The first-order chi connectivity index (χ1) is 7.45. The summed E-state index contributed by atoms with van der Waals surface area (Å²) in [6.07, 6.45) is 6.97. The van der Waals surface area contributed by atoms with Gasteiger partial charge in [-0.25, -0.2) is 0 Å². The molecule has 1 aliphatic carbocycles. The highest BCUT2D eigenvalue weighted by atomic mass is 16.5. The molecule has 0 aromatic rings. The summed E-state index contributed by atoms with van der Waals surface area (Å²) in [7, 11) is 0. The third-order valence-corrected chi connectivity index (χ3v) is 3.40. The fraction of sp³-hybridized carbons (Fsp3) is 1.00. The van der Waals surface area contributed by atoms with Crippen molar-refractivity contribution in [1.29, 1.82) is 0 Å². The molecule has 1 heterocycles. The first-order valence-electron chi connectivity index (χ1n) is 6.34. The molecule has 3 heteroatoms. The van der Waals surface area contributed by atoms with E-state index in [1.165, 1.54) is 32.1 Å². The maximum atomic E-state index is 5.77. The standard InChI is InChI=1S/C12H23NO2/c1-2-4-11(5-3-1)8-15-10-12-9-14-7-6-13-12/h11-13H,1-10H2/t12-/m0/s1. The van der Waals surface area contributed by atoms with Gasteiger partial charge >= 0.3 is 0 Å². The Kier molecular flexibility index (Phi) is 4.90. The second kappa shape index (κ2) is 6.46. The Morgan fingerprint density at radius 3 is 2.73 bits per heavy atom. The van der Waals surface area contributed by atoms with Crippen molar-refractivity contribution in [2.24, 2.45) is 5.92 Å². The van der Waals surface area contributed by atoms with E-state index in [2.05, 4.69) is 5.32 Å². The third kappa shape index (κ3) is 4.09. The van der Waals surface area contributed by atoms with Gasteiger partial charge in [-0.3, -0.25) is 0 Å². The van der Waals surface area contributed by atoms with E-state index in [4.69, 9.17) is 9.47 Å². The highest BCUT2D eigenvalue weighted by Crippen LogP contribution is 2.23. The minimum absolute atomic E-state index is 0.419. The Balaban J connectivity index is 1.53. The van der Waals surface area contributed by atoms with Gasteiger partial charge in [0.2, 0.25) is 0 Å². The van der Waals surface area contributed by atoms with Crippen LogP contribution in [0.15, 0.2) is 0 Å². The SMILES string of the molecule is C1CCC(COC[C@@H]2COCCN2)CC1. The van der Waals surface area contributed by atoms with Gasteiger partial charge in [0, 0.05) is 13.2 Å². The lowest BCUT2D eigenvalue weighted by molar-refractivity contribution is 0.0157. The largest absolute Gasteiger partial charge is 0.379 e. The molecule has 0 spiro atoms. The van der Waals surface area contributed by atoms with Gasteiger partial charge in [0.25, 0.3) is 0 Å². The van der Waals surface area contributed by atoms with E-state index in [1.54, 1.807) is 0 Å². The Hall–Kier alpha value is -0.120. The molecular weight excluding hydrogens is 190 g/mol. The van der Waals surface area contributed by atoms with Crippen LogP contribution >= 0.6 is 0 Å². The molecule has 3 nitrogen and oxygen atoms in total. The summed E-state index contributed by atoms with van der Waals surface area (Å²) in [4.78, 5) is 0. The van der Waals surface area contributed by atoms with Crippen LogP contribution in [0.5, 0.6) is 0 Å². The molecule has 1 N–H and O–H groups in total. The molecule has 0 unspecified atom stereocenters. The molecule has 2 rings (SSSR count). The van der Waals surface area contributed by atoms with E-state index in [1.807, 2.05) is 0 Å². The molecule has 0 amide bonds. The van der Waals surface area contributed by atoms with Crippen LogP contribution in [0.3, 0.4) is 0 Å². The van der Waals surface area contributed by atoms with Crippen LogP contribution < -0.4 is 5.32 Å². The van der Waals surface area contributed by atoms with E-state index in [-0.39, 0.29) is 0 Å². The Labute approximate surface area is 92.5 Å². The van der Waals surface area contributed by atoms with Gasteiger partial charge < -0.3 is 14.8 Å². The lowest BCUT2D eigenvalue weighted by atomic mass is 9.90. The van der Waals surface area contributed by atoms with Crippen molar-refractivity contribution in [2.75, 3.05) is 33.0 Å². The summed E-state index contributed by atoms with van der Waals surface area (Å²) in [5, 5.41) is 3.41. The molecule has 1 atom stereocenters. The van der Waals surface area contributed by atoms with Crippen molar-refractivity contribution in [3.05, 3.63) is 0 Å². The van der Waals surface area contributed by atoms with Crippen LogP contribution in [-0.4, -0.2) is 39.0 Å². The smallest absolute Gasteiger partial charge is 0.0642 e. The minimum atomic E-state index is 0.419. The zero-order valence-electron chi connectivity index (χ0n) is 9.54. The highest BCUT2D eigenvalue weighted by molar-refractivity contribution is 4.70. The monoisotopic (exact) mass is 213 g/mol. The summed E-state index contributed by atoms with van der Waals surface area (Å²) < 4.78 is 11.2. The molecule has 0 radical (unpaired) electrons. The molecular formula is C12H23NO2. The highest BCUT2D eigenvalue weighted by Gasteiger charge is 2.16. The third-order valence-electron chi connectivity index (χ3n) is 3.40. The van der Waals surface area contributed by atoms with Crippen molar-refractivity contribution < 1.29 is 9.47 Å². The number of hydrogen-bond donors (Lipinski definition) is 1. The molecule has 2 fully saturated rings. The van der Waals surface area contributed by atoms with Crippen LogP contribution in [0.2, 0.25) is 0 Å². The summed E-state index contributed by atoms with van der Waals surface area (Å²) in [6.45, 7) is 4.40. The van der Waals surface area contributed by atoms with Crippen LogP contribution in [0.25, 0.3) is 0 Å². The number of nitrogens with one attached hydrogen (secondary N) is 1. The lowest BCUT2D eigenvalue weighted by Gasteiger charge is -2.26. The van der Waals surface area contributed by atoms with E-state index >= 15 is 0 Å². The maximum absolute atomic E-state index is 5.77. The fourth-order valence-corrected chi connectivity index (χ4v) is 2.46. The number of hydrogen-bond acceptors (Lipinski definition) is 3. The molecule has 1 aliphatic heterocycles. The van der Waals surface area contributed by atoms with Crippen LogP contribution in [0.1, 0.15) is 32.1 Å². The van der Waals surface area contributed by atoms with Gasteiger partial charge in [0.15, 0.2) is 0 Å². The summed E-state index contributed by atoms with van der Waals surface area (Å²) in [5.41, 5.74) is 0. The summed E-state index contributed by atoms with van der Waals surface area (Å²) in [6, 6.07) is 0.419. The summed E-state index contributed by atoms with van der Waals surface area (Å²) in [5.74, 6) is 0.822. The molecule has 1 saturated carbocycles.